The highest BCUT2D eigenvalue weighted by molar-refractivity contribution is 7.98. The van der Waals surface area contributed by atoms with Crippen LogP contribution in [-0.4, -0.2) is 61.7 Å². The van der Waals surface area contributed by atoms with Crippen LogP contribution >= 0.6 is 11.8 Å². The highest BCUT2D eigenvalue weighted by Crippen LogP contribution is 2.24. The number of likely N-dealkylation sites (tertiary alicyclic amines) is 1. The van der Waals surface area contributed by atoms with E-state index >= 15 is 0 Å². The molecule has 0 atom stereocenters. The molecule has 1 N–H and O–H groups in total. The van der Waals surface area contributed by atoms with Gasteiger partial charge in [-0.2, -0.15) is 0 Å². The predicted molar refractivity (Wildman–Crippen MR) is 94.6 cm³/mol. The van der Waals surface area contributed by atoms with Gasteiger partial charge in [-0.15, -0.1) is 11.8 Å². The summed E-state index contributed by atoms with van der Waals surface area (Å²) < 4.78 is 0. The minimum Gasteiger partial charge on any atom is -0.324 e. The van der Waals surface area contributed by atoms with Gasteiger partial charge in [0.05, 0.1) is 12.2 Å². The number of para-hydroxylation sites is 1. The molecule has 22 heavy (non-hydrogen) atoms. The summed E-state index contributed by atoms with van der Waals surface area (Å²) >= 11 is 1.65. The Morgan fingerprint density at radius 2 is 2.00 bits per heavy atom. The van der Waals surface area contributed by atoms with E-state index in [0.29, 0.717) is 6.54 Å². The van der Waals surface area contributed by atoms with Crippen LogP contribution in [0.25, 0.3) is 0 Å². The molecule has 1 aliphatic heterocycles. The molecule has 1 heterocycles. The van der Waals surface area contributed by atoms with Crippen molar-refractivity contribution in [2.45, 2.75) is 24.2 Å². The Balaban J connectivity index is 1.73. The number of hydrogen-bond acceptors (Lipinski definition) is 4. The molecule has 122 valence electrons. The molecule has 1 aliphatic rings. The molecule has 2 rings (SSSR count). The van der Waals surface area contributed by atoms with Gasteiger partial charge >= 0.3 is 0 Å². The molecule has 0 unspecified atom stereocenters. The Labute approximate surface area is 138 Å². The van der Waals surface area contributed by atoms with Gasteiger partial charge in [0.1, 0.15) is 0 Å². The summed E-state index contributed by atoms with van der Waals surface area (Å²) in [5.74, 6) is 0.0580. The molecule has 1 aromatic carbocycles. The van der Waals surface area contributed by atoms with Crippen molar-refractivity contribution in [1.29, 1.82) is 0 Å². The predicted octanol–water partition coefficient (Wildman–Crippen LogP) is 2.76. The Hall–Kier alpha value is -1.04. The first-order chi connectivity index (χ1) is 10.7. The Kier molecular flexibility index (Phi) is 7.22. The second-order valence-corrected chi connectivity index (χ2v) is 6.74. The molecular formula is C17H27N3OS. The highest BCUT2D eigenvalue weighted by Gasteiger charge is 2.12. The van der Waals surface area contributed by atoms with Gasteiger partial charge in [-0.3, -0.25) is 9.69 Å². The highest BCUT2D eigenvalue weighted by atomic mass is 32.2. The smallest absolute Gasteiger partial charge is 0.238 e. The summed E-state index contributed by atoms with van der Waals surface area (Å²) in [4.78, 5) is 17.9. The second kappa shape index (κ2) is 9.18. The largest absolute Gasteiger partial charge is 0.324 e. The fourth-order valence-corrected chi connectivity index (χ4v) is 3.31. The molecule has 1 saturated heterocycles. The lowest BCUT2D eigenvalue weighted by molar-refractivity contribution is -0.117. The van der Waals surface area contributed by atoms with Gasteiger partial charge in [0.15, 0.2) is 0 Å². The number of carbonyl (C=O) groups is 1. The second-order valence-electron chi connectivity index (χ2n) is 5.89. The van der Waals surface area contributed by atoms with Crippen LogP contribution in [0.2, 0.25) is 0 Å². The van der Waals surface area contributed by atoms with Crippen molar-refractivity contribution >= 4 is 23.4 Å². The lowest BCUT2D eigenvalue weighted by Gasteiger charge is -2.28. The van der Waals surface area contributed by atoms with Crippen molar-refractivity contribution in [3.63, 3.8) is 0 Å². The first kappa shape index (κ1) is 17.3. The number of rotatable bonds is 7. The summed E-state index contributed by atoms with van der Waals surface area (Å²) in [6.07, 6.45) is 6.02. The number of hydrogen-bond donors (Lipinski definition) is 1. The van der Waals surface area contributed by atoms with Gasteiger partial charge in [-0.05, 0) is 51.4 Å². The molecule has 5 heteroatoms. The topological polar surface area (TPSA) is 35.6 Å². The Morgan fingerprint density at radius 3 is 2.73 bits per heavy atom. The number of carbonyl (C=O) groups excluding carboxylic acids is 1. The molecule has 1 amide bonds. The van der Waals surface area contributed by atoms with Gasteiger partial charge in [0, 0.05) is 18.0 Å². The maximum atomic E-state index is 12.2. The van der Waals surface area contributed by atoms with E-state index in [1.54, 1.807) is 11.8 Å². The van der Waals surface area contributed by atoms with Gasteiger partial charge in [0.25, 0.3) is 0 Å². The fraction of sp³-hybridized carbons (Fsp3) is 0.588. The van der Waals surface area contributed by atoms with Gasteiger partial charge < -0.3 is 10.2 Å². The molecule has 0 bridgehead atoms. The van der Waals surface area contributed by atoms with E-state index in [1.165, 1.54) is 32.4 Å². The van der Waals surface area contributed by atoms with Crippen LogP contribution in [0.5, 0.6) is 0 Å². The standard InChI is InChI=1S/C17H27N3OS/c1-19(12-13-20-10-6-3-7-11-20)14-17(21)18-15-8-4-5-9-16(15)22-2/h4-5,8-9H,3,6-7,10-14H2,1-2H3,(H,18,21). The van der Waals surface area contributed by atoms with Crippen molar-refractivity contribution in [3.05, 3.63) is 24.3 Å². The average Bonchev–Trinajstić information content (AvgIpc) is 2.54. The van der Waals surface area contributed by atoms with Crippen LogP contribution in [0.4, 0.5) is 5.69 Å². The average molecular weight is 321 g/mol. The normalized spacial score (nSPS) is 16.0. The summed E-state index contributed by atoms with van der Waals surface area (Å²) in [6.45, 7) is 4.86. The summed E-state index contributed by atoms with van der Waals surface area (Å²) in [6, 6.07) is 7.93. The first-order valence-electron chi connectivity index (χ1n) is 8.03. The number of thioether (sulfide) groups is 1. The maximum absolute atomic E-state index is 12.2. The van der Waals surface area contributed by atoms with E-state index in [2.05, 4.69) is 15.1 Å². The zero-order chi connectivity index (χ0) is 15.8. The summed E-state index contributed by atoms with van der Waals surface area (Å²) in [5.41, 5.74) is 0.907. The van der Waals surface area contributed by atoms with Crippen LogP contribution in [0.1, 0.15) is 19.3 Å². The third-order valence-corrected chi connectivity index (χ3v) is 4.84. The van der Waals surface area contributed by atoms with Gasteiger partial charge in [-0.1, -0.05) is 18.6 Å². The third kappa shape index (κ3) is 5.63. The van der Waals surface area contributed by atoms with Crippen molar-refractivity contribution < 1.29 is 4.79 Å². The zero-order valence-corrected chi connectivity index (χ0v) is 14.5. The zero-order valence-electron chi connectivity index (χ0n) is 13.7. The molecule has 0 saturated carbocycles. The van der Waals surface area contributed by atoms with Crippen molar-refractivity contribution in [3.8, 4) is 0 Å². The van der Waals surface area contributed by atoms with Crippen molar-refractivity contribution in [2.24, 2.45) is 0 Å². The van der Waals surface area contributed by atoms with E-state index in [1.807, 2.05) is 37.6 Å². The SMILES string of the molecule is CSc1ccccc1NC(=O)CN(C)CCN1CCCCC1. The third-order valence-electron chi connectivity index (χ3n) is 4.04. The van der Waals surface area contributed by atoms with Crippen molar-refractivity contribution in [1.82, 2.24) is 9.80 Å². The van der Waals surface area contributed by atoms with Gasteiger partial charge in [0.2, 0.25) is 5.91 Å². The van der Waals surface area contributed by atoms with Crippen molar-refractivity contribution in [2.75, 3.05) is 51.3 Å². The summed E-state index contributed by atoms with van der Waals surface area (Å²) in [5, 5.41) is 3.02. The number of benzene rings is 1. The minimum absolute atomic E-state index is 0.0580. The fourth-order valence-electron chi connectivity index (χ4n) is 2.76. The van der Waals surface area contributed by atoms with Crippen LogP contribution in [-0.2, 0) is 4.79 Å². The van der Waals surface area contributed by atoms with Crippen LogP contribution in [0, 0.1) is 0 Å². The molecule has 1 fully saturated rings. The molecule has 4 nitrogen and oxygen atoms in total. The molecular weight excluding hydrogens is 294 g/mol. The maximum Gasteiger partial charge on any atom is 0.238 e. The molecule has 0 radical (unpaired) electrons. The monoisotopic (exact) mass is 321 g/mol. The van der Waals surface area contributed by atoms with E-state index in [0.717, 1.165) is 23.7 Å². The van der Waals surface area contributed by atoms with Crippen LogP contribution < -0.4 is 5.32 Å². The molecule has 0 aliphatic carbocycles. The van der Waals surface area contributed by atoms with Gasteiger partial charge in [-0.25, -0.2) is 0 Å². The van der Waals surface area contributed by atoms with Crippen LogP contribution in [0.15, 0.2) is 29.2 Å². The van der Waals surface area contributed by atoms with E-state index in [4.69, 9.17) is 0 Å². The Bertz CT molecular complexity index is 475. The number of nitrogens with one attached hydrogen (secondary N) is 1. The van der Waals surface area contributed by atoms with Crippen LogP contribution in [0.3, 0.4) is 0 Å². The Morgan fingerprint density at radius 1 is 1.27 bits per heavy atom. The number of nitrogens with zero attached hydrogens (tertiary/aromatic N) is 2. The quantitative estimate of drug-likeness (QED) is 0.783. The number of anilines is 1. The number of piperidine rings is 1. The minimum atomic E-state index is 0.0580. The lowest BCUT2D eigenvalue weighted by atomic mass is 10.1. The van der Waals surface area contributed by atoms with E-state index < -0.39 is 0 Å². The van der Waals surface area contributed by atoms with E-state index in [9.17, 15) is 4.79 Å². The lowest BCUT2D eigenvalue weighted by Crippen LogP contribution is -2.39. The number of likely N-dealkylation sites (N-methyl/N-ethyl adjacent to an activating group) is 1. The molecule has 1 aromatic rings. The first-order valence-corrected chi connectivity index (χ1v) is 9.25. The summed E-state index contributed by atoms with van der Waals surface area (Å²) in [7, 11) is 2.02. The molecule has 0 spiro atoms. The molecule has 0 aromatic heterocycles. The number of amides is 1. The van der Waals surface area contributed by atoms with E-state index in [-0.39, 0.29) is 5.91 Å².